The molecule has 1 atom stereocenters. The van der Waals surface area contributed by atoms with E-state index in [1.807, 2.05) is 25.1 Å². The van der Waals surface area contributed by atoms with Crippen molar-refractivity contribution in [2.45, 2.75) is 25.2 Å². The Morgan fingerprint density at radius 1 is 1.48 bits per heavy atom. The number of anilines is 1. The molecule has 4 rings (SSSR count). The van der Waals surface area contributed by atoms with Crippen LogP contribution in [0.3, 0.4) is 0 Å². The largest absolute Gasteiger partial charge is 0.425 e. The van der Waals surface area contributed by atoms with E-state index < -0.39 is 5.41 Å². The first-order chi connectivity index (χ1) is 11.1. The van der Waals surface area contributed by atoms with Gasteiger partial charge in [-0.05, 0) is 18.4 Å². The van der Waals surface area contributed by atoms with E-state index in [0.717, 1.165) is 28.8 Å². The van der Waals surface area contributed by atoms with Crippen LogP contribution in [-0.2, 0) is 21.4 Å². The van der Waals surface area contributed by atoms with Gasteiger partial charge in [-0.3, -0.25) is 4.79 Å². The number of aryl methyl sites for hydroxylation is 1. The summed E-state index contributed by atoms with van der Waals surface area (Å²) < 4.78 is 5.54. The number of nitrogens with two attached hydrogens (primary N) is 1. The Hall–Kier alpha value is -2.94. The normalized spacial score (nSPS) is 24.8. The Labute approximate surface area is 133 Å². The molecule has 1 aromatic rings. The Bertz CT molecular complexity index is 847. The molecule has 0 saturated heterocycles. The summed E-state index contributed by atoms with van der Waals surface area (Å²) in [5.74, 6) is 0.268. The molecule has 3 heterocycles. The molecule has 3 aliphatic rings. The van der Waals surface area contributed by atoms with Crippen LogP contribution in [0.5, 0.6) is 0 Å². The van der Waals surface area contributed by atoms with E-state index >= 15 is 0 Å². The molecule has 0 saturated carbocycles. The highest BCUT2D eigenvalue weighted by molar-refractivity contribution is 6.12. The minimum atomic E-state index is -1.17. The first kappa shape index (κ1) is 13.7. The number of nitriles is 1. The summed E-state index contributed by atoms with van der Waals surface area (Å²) in [4.78, 5) is 13.1. The van der Waals surface area contributed by atoms with Crippen LogP contribution >= 0.6 is 0 Å². The van der Waals surface area contributed by atoms with Crippen molar-refractivity contribution >= 4 is 11.6 Å². The summed E-state index contributed by atoms with van der Waals surface area (Å²) >= 11 is 0. The smallest absolute Gasteiger partial charge is 0.244 e. The van der Waals surface area contributed by atoms with Gasteiger partial charge in [-0.15, -0.1) is 0 Å². The molecule has 6 nitrogen and oxygen atoms in total. The molecule has 0 radical (unpaired) electrons. The van der Waals surface area contributed by atoms with Crippen molar-refractivity contribution in [1.82, 2.24) is 5.32 Å². The molecular weight excluding hydrogens is 292 g/mol. The van der Waals surface area contributed by atoms with Crippen LogP contribution in [-0.4, -0.2) is 12.5 Å². The van der Waals surface area contributed by atoms with Gasteiger partial charge in [-0.25, -0.2) is 0 Å². The second kappa shape index (κ2) is 4.53. The van der Waals surface area contributed by atoms with Crippen LogP contribution in [0.15, 0.2) is 41.1 Å². The summed E-state index contributed by atoms with van der Waals surface area (Å²) in [6.45, 7) is 2.70. The molecule has 3 aliphatic heterocycles. The Morgan fingerprint density at radius 2 is 2.30 bits per heavy atom. The number of fused-ring (bicyclic) bond motifs is 3. The number of para-hydroxylation sites is 1. The number of hydrogen-bond acceptors (Lipinski definition) is 5. The topological polar surface area (TPSA) is 100 Å². The third-order valence-electron chi connectivity index (χ3n) is 4.85. The lowest BCUT2D eigenvalue weighted by Crippen LogP contribution is -2.42. The number of carbonyl (C=O) groups excluding carboxylic acids is 1. The zero-order valence-corrected chi connectivity index (χ0v) is 12.7. The number of carbonyl (C=O) groups is 1. The second-order valence-electron chi connectivity index (χ2n) is 5.83. The van der Waals surface area contributed by atoms with E-state index in [0.29, 0.717) is 18.8 Å². The lowest BCUT2D eigenvalue weighted by molar-refractivity contribution is -0.118. The van der Waals surface area contributed by atoms with Crippen LogP contribution in [0.25, 0.3) is 0 Å². The van der Waals surface area contributed by atoms with Crippen molar-refractivity contribution in [2.75, 3.05) is 11.9 Å². The standard InChI is InChI=1S/C17H16N4O2/c1-2-9-4-3-5-10-13(9)21-16(22)17(10)11-6-7-20-15(11)23-14(19)12(17)8-18/h3-5,20H,2,6-7,19H2,1H3,(H,21,22)/t17-/m1/s1. The van der Waals surface area contributed by atoms with Gasteiger partial charge in [-0.2, -0.15) is 5.26 Å². The van der Waals surface area contributed by atoms with Gasteiger partial charge in [0.15, 0.2) is 5.88 Å². The zero-order valence-electron chi connectivity index (χ0n) is 12.7. The Morgan fingerprint density at radius 3 is 3.04 bits per heavy atom. The lowest BCUT2D eigenvalue weighted by Gasteiger charge is -2.33. The number of benzene rings is 1. The predicted octanol–water partition coefficient (Wildman–Crippen LogP) is 1.37. The molecule has 0 aliphatic carbocycles. The fourth-order valence-electron chi connectivity index (χ4n) is 3.84. The molecular formula is C17H16N4O2. The van der Waals surface area contributed by atoms with Crippen molar-refractivity contribution in [1.29, 1.82) is 5.26 Å². The van der Waals surface area contributed by atoms with Crippen LogP contribution in [0.4, 0.5) is 5.69 Å². The van der Waals surface area contributed by atoms with E-state index in [1.165, 1.54) is 0 Å². The third kappa shape index (κ3) is 1.49. The average molecular weight is 308 g/mol. The SMILES string of the molecule is CCc1cccc2c1NC(=O)[C@]21C(C#N)=C(N)OC2=C1CCN2. The number of ether oxygens (including phenoxy) is 1. The molecule has 0 bridgehead atoms. The minimum absolute atomic E-state index is 0.00875. The summed E-state index contributed by atoms with van der Waals surface area (Å²) in [6.07, 6.45) is 1.43. The quantitative estimate of drug-likeness (QED) is 0.727. The van der Waals surface area contributed by atoms with Crippen LogP contribution in [0.2, 0.25) is 0 Å². The molecule has 6 heteroatoms. The Balaban J connectivity index is 2.09. The van der Waals surface area contributed by atoms with E-state index in [4.69, 9.17) is 10.5 Å². The molecule has 1 spiro atoms. The first-order valence-electron chi connectivity index (χ1n) is 7.64. The van der Waals surface area contributed by atoms with Crippen molar-refractivity contribution in [3.8, 4) is 6.07 Å². The third-order valence-corrected chi connectivity index (χ3v) is 4.85. The maximum absolute atomic E-state index is 13.1. The predicted molar refractivity (Wildman–Crippen MR) is 83.7 cm³/mol. The van der Waals surface area contributed by atoms with Crippen LogP contribution in [0.1, 0.15) is 24.5 Å². The monoisotopic (exact) mass is 308 g/mol. The summed E-state index contributed by atoms with van der Waals surface area (Å²) in [5, 5.41) is 15.8. The number of nitrogens with one attached hydrogen (secondary N) is 2. The van der Waals surface area contributed by atoms with Gasteiger partial charge in [0.2, 0.25) is 11.8 Å². The van der Waals surface area contributed by atoms with Gasteiger partial charge in [0.25, 0.3) is 0 Å². The van der Waals surface area contributed by atoms with Gasteiger partial charge >= 0.3 is 0 Å². The highest BCUT2D eigenvalue weighted by atomic mass is 16.5. The van der Waals surface area contributed by atoms with Crippen molar-refractivity contribution in [3.63, 3.8) is 0 Å². The average Bonchev–Trinajstić information content (AvgIpc) is 3.11. The highest BCUT2D eigenvalue weighted by Crippen LogP contribution is 2.53. The minimum Gasteiger partial charge on any atom is -0.425 e. The number of amides is 1. The van der Waals surface area contributed by atoms with Gasteiger partial charge in [0, 0.05) is 23.4 Å². The van der Waals surface area contributed by atoms with Gasteiger partial charge in [0.05, 0.1) is 0 Å². The van der Waals surface area contributed by atoms with E-state index in [1.54, 1.807) is 0 Å². The zero-order chi connectivity index (χ0) is 16.2. The van der Waals surface area contributed by atoms with Gasteiger partial charge in [-0.1, -0.05) is 25.1 Å². The molecule has 0 fully saturated rings. The fourth-order valence-corrected chi connectivity index (χ4v) is 3.84. The number of rotatable bonds is 1. The van der Waals surface area contributed by atoms with Crippen molar-refractivity contribution < 1.29 is 9.53 Å². The van der Waals surface area contributed by atoms with Crippen molar-refractivity contribution in [3.05, 3.63) is 52.2 Å². The molecule has 23 heavy (non-hydrogen) atoms. The maximum Gasteiger partial charge on any atom is 0.244 e. The summed E-state index contributed by atoms with van der Waals surface area (Å²) in [5.41, 5.74) is 8.39. The van der Waals surface area contributed by atoms with Crippen molar-refractivity contribution in [2.24, 2.45) is 5.73 Å². The molecule has 1 aromatic carbocycles. The van der Waals surface area contributed by atoms with Crippen LogP contribution < -0.4 is 16.4 Å². The fraction of sp³-hybridized carbons (Fsp3) is 0.294. The highest BCUT2D eigenvalue weighted by Gasteiger charge is 2.58. The number of nitrogens with zero attached hydrogens (tertiary/aromatic N) is 1. The van der Waals surface area contributed by atoms with Gasteiger partial charge < -0.3 is 21.1 Å². The molecule has 1 amide bonds. The summed E-state index contributed by atoms with van der Waals surface area (Å²) in [6, 6.07) is 7.91. The molecule has 0 unspecified atom stereocenters. The van der Waals surface area contributed by atoms with E-state index in [9.17, 15) is 10.1 Å². The lowest BCUT2D eigenvalue weighted by atomic mass is 9.68. The number of hydrogen-bond donors (Lipinski definition) is 3. The molecule has 4 N–H and O–H groups in total. The Kier molecular flexibility index (Phi) is 2.70. The summed E-state index contributed by atoms with van der Waals surface area (Å²) in [7, 11) is 0. The maximum atomic E-state index is 13.1. The molecule has 0 aromatic heterocycles. The van der Waals surface area contributed by atoms with E-state index in [2.05, 4.69) is 16.7 Å². The van der Waals surface area contributed by atoms with Crippen LogP contribution in [0, 0.1) is 11.3 Å². The van der Waals surface area contributed by atoms with Gasteiger partial charge in [0.1, 0.15) is 17.1 Å². The second-order valence-corrected chi connectivity index (χ2v) is 5.83. The van der Waals surface area contributed by atoms with E-state index in [-0.39, 0.29) is 17.4 Å². The molecule has 116 valence electrons. The first-order valence-corrected chi connectivity index (χ1v) is 7.64.